The van der Waals surface area contributed by atoms with Crippen LogP contribution in [0.15, 0.2) is 24.3 Å². The van der Waals surface area contributed by atoms with E-state index in [4.69, 9.17) is 0 Å². The lowest BCUT2D eigenvalue weighted by Crippen LogP contribution is -2.27. The second kappa shape index (κ2) is 6.66. The number of aliphatic hydroxyl groups excluding tert-OH is 1. The van der Waals surface area contributed by atoms with Crippen molar-refractivity contribution < 1.29 is 5.11 Å². The van der Waals surface area contributed by atoms with Crippen molar-refractivity contribution in [3.63, 3.8) is 0 Å². The molecule has 0 bridgehead atoms. The molecule has 0 aromatic heterocycles. The van der Waals surface area contributed by atoms with Crippen LogP contribution in [0.3, 0.4) is 0 Å². The topological polar surface area (TPSA) is 32.3 Å². The smallest absolute Gasteiger partial charge is 0.0667 e. The Kier molecular flexibility index (Phi) is 5.50. The highest BCUT2D eigenvalue weighted by atomic mass is 16.3. The van der Waals surface area contributed by atoms with Crippen LogP contribution in [0.4, 0.5) is 0 Å². The quantitative estimate of drug-likeness (QED) is 0.773. The van der Waals surface area contributed by atoms with E-state index < -0.39 is 0 Å². The van der Waals surface area contributed by atoms with Gasteiger partial charge < -0.3 is 10.4 Å². The van der Waals surface area contributed by atoms with Crippen LogP contribution in [0.5, 0.6) is 0 Å². The lowest BCUT2D eigenvalue weighted by molar-refractivity contribution is 0.146. The standard InChI is InChI=1S/C14H23NO/c1-11(2)7-14(16)10-15-9-13-6-4-5-12(3)8-13/h4-6,8,11,14-16H,7,9-10H2,1-3H3. The second-order valence-corrected chi connectivity index (χ2v) is 4.90. The zero-order chi connectivity index (χ0) is 12.0. The van der Waals surface area contributed by atoms with Crippen LogP contribution in [0, 0.1) is 12.8 Å². The van der Waals surface area contributed by atoms with E-state index in [9.17, 15) is 5.11 Å². The molecule has 2 heteroatoms. The first-order valence-corrected chi connectivity index (χ1v) is 6.02. The summed E-state index contributed by atoms with van der Waals surface area (Å²) in [5.74, 6) is 0.552. The molecule has 2 nitrogen and oxygen atoms in total. The van der Waals surface area contributed by atoms with Gasteiger partial charge in [-0.25, -0.2) is 0 Å². The van der Waals surface area contributed by atoms with Gasteiger partial charge in [0.1, 0.15) is 0 Å². The van der Waals surface area contributed by atoms with Crippen molar-refractivity contribution >= 4 is 0 Å². The molecule has 1 rings (SSSR count). The summed E-state index contributed by atoms with van der Waals surface area (Å²) in [6, 6.07) is 8.44. The monoisotopic (exact) mass is 221 g/mol. The minimum atomic E-state index is -0.232. The SMILES string of the molecule is Cc1cccc(CNCC(O)CC(C)C)c1. The largest absolute Gasteiger partial charge is 0.392 e. The third-order valence-electron chi connectivity index (χ3n) is 2.54. The van der Waals surface area contributed by atoms with Gasteiger partial charge in [0.2, 0.25) is 0 Å². The summed E-state index contributed by atoms with van der Waals surface area (Å²) in [5.41, 5.74) is 2.55. The van der Waals surface area contributed by atoms with Crippen molar-refractivity contribution in [2.24, 2.45) is 5.92 Å². The fourth-order valence-corrected chi connectivity index (χ4v) is 1.83. The molecular weight excluding hydrogens is 198 g/mol. The molecule has 0 aliphatic carbocycles. The number of hydrogen-bond donors (Lipinski definition) is 2. The normalized spacial score (nSPS) is 13.1. The van der Waals surface area contributed by atoms with Gasteiger partial charge in [0, 0.05) is 13.1 Å². The Morgan fingerprint density at radius 1 is 1.31 bits per heavy atom. The highest BCUT2D eigenvalue weighted by Gasteiger charge is 2.05. The summed E-state index contributed by atoms with van der Waals surface area (Å²) in [5, 5.41) is 13.0. The van der Waals surface area contributed by atoms with Crippen molar-refractivity contribution in [1.29, 1.82) is 0 Å². The first-order valence-electron chi connectivity index (χ1n) is 6.02. The van der Waals surface area contributed by atoms with E-state index in [0.29, 0.717) is 12.5 Å². The Hall–Kier alpha value is -0.860. The molecule has 1 aromatic rings. The van der Waals surface area contributed by atoms with Crippen molar-refractivity contribution in [2.75, 3.05) is 6.54 Å². The van der Waals surface area contributed by atoms with Gasteiger partial charge in [-0.3, -0.25) is 0 Å². The molecule has 2 N–H and O–H groups in total. The van der Waals surface area contributed by atoms with Crippen molar-refractivity contribution in [1.82, 2.24) is 5.32 Å². The van der Waals surface area contributed by atoms with Crippen LogP contribution in [-0.4, -0.2) is 17.8 Å². The zero-order valence-corrected chi connectivity index (χ0v) is 10.5. The molecule has 0 spiro atoms. The third kappa shape index (κ3) is 5.29. The first kappa shape index (κ1) is 13.2. The predicted octanol–water partition coefficient (Wildman–Crippen LogP) is 2.49. The molecule has 1 unspecified atom stereocenters. The van der Waals surface area contributed by atoms with Gasteiger partial charge in [0.25, 0.3) is 0 Å². The summed E-state index contributed by atoms with van der Waals surface area (Å²) in [4.78, 5) is 0. The number of benzene rings is 1. The van der Waals surface area contributed by atoms with Crippen molar-refractivity contribution in [2.45, 2.75) is 39.8 Å². The minimum absolute atomic E-state index is 0.232. The average Bonchev–Trinajstić information content (AvgIpc) is 2.16. The maximum Gasteiger partial charge on any atom is 0.0667 e. The maximum atomic E-state index is 9.69. The fraction of sp³-hybridized carbons (Fsp3) is 0.571. The molecule has 16 heavy (non-hydrogen) atoms. The molecular formula is C14H23NO. The van der Waals surface area contributed by atoms with Crippen molar-refractivity contribution in [3.05, 3.63) is 35.4 Å². The molecule has 0 fully saturated rings. The van der Waals surface area contributed by atoms with E-state index in [0.717, 1.165) is 13.0 Å². The zero-order valence-electron chi connectivity index (χ0n) is 10.5. The summed E-state index contributed by atoms with van der Waals surface area (Å²) in [7, 11) is 0. The van der Waals surface area contributed by atoms with E-state index >= 15 is 0 Å². The molecule has 0 amide bonds. The molecule has 90 valence electrons. The van der Waals surface area contributed by atoms with Gasteiger partial charge in [-0.05, 0) is 24.8 Å². The van der Waals surface area contributed by atoms with Crippen LogP contribution >= 0.6 is 0 Å². The van der Waals surface area contributed by atoms with Gasteiger partial charge in [0.05, 0.1) is 6.10 Å². The van der Waals surface area contributed by atoms with Gasteiger partial charge >= 0.3 is 0 Å². The number of rotatable bonds is 6. The molecule has 0 aliphatic heterocycles. The Labute approximate surface area is 98.7 Å². The summed E-state index contributed by atoms with van der Waals surface area (Å²) in [6.07, 6.45) is 0.630. The maximum absolute atomic E-state index is 9.69. The van der Waals surface area contributed by atoms with E-state index in [-0.39, 0.29) is 6.10 Å². The molecule has 0 aliphatic rings. The van der Waals surface area contributed by atoms with E-state index in [1.165, 1.54) is 11.1 Å². The van der Waals surface area contributed by atoms with Crippen LogP contribution in [-0.2, 0) is 6.54 Å². The minimum Gasteiger partial charge on any atom is -0.392 e. The summed E-state index contributed by atoms with van der Waals surface area (Å²) < 4.78 is 0. The van der Waals surface area contributed by atoms with Gasteiger partial charge in [-0.2, -0.15) is 0 Å². The van der Waals surface area contributed by atoms with Gasteiger partial charge in [-0.1, -0.05) is 43.7 Å². The molecule has 1 atom stereocenters. The first-order chi connectivity index (χ1) is 7.58. The molecule has 0 saturated heterocycles. The summed E-state index contributed by atoms with van der Waals surface area (Å²) in [6.45, 7) is 7.85. The van der Waals surface area contributed by atoms with Crippen LogP contribution in [0.25, 0.3) is 0 Å². The molecule has 0 heterocycles. The molecule has 0 radical (unpaired) electrons. The van der Waals surface area contributed by atoms with E-state index in [1.807, 2.05) is 0 Å². The highest BCUT2D eigenvalue weighted by Crippen LogP contribution is 2.05. The fourth-order valence-electron chi connectivity index (χ4n) is 1.83. The van der Waals surface area contributed by atoms with Crippen LogP contribution in [0.2, 0.25) is 0 Å². The van der Waals surface area contributed by atoms with E-state index in [1.54, 1.807) is 0 Å². The Morgan fingerprint density at radius 3 is 2.69 bits per heavy atom. The average molecular weight is 221 g/mol. The van der Waals surface area contributed by atoms with Gasteiger partial charge in [-0.15, -0.1) is 0 Å². The van der Waals surface area contributed by atoms with Gasteiger partial charge in [0.15, 0.2) is 0 Å². The summed E-state index contributed by atoms with van der Waals surface area (Å²) >= 11 is 0. The highest BCUT2D eigenvalue weighted by molar-refractivity contribution is 5.21. The van der Waals surface area contributed by atoms with Crippen LogP contribution in [0.1, 0.15) is 31.4 Å². The number of aryl methyl sites for hydroxylation is 1. The number of aliphatic hydroxyl groups is 1. The Balaban J connectivity index is 2.25. The molecule has 1 aromatic carbocycles. The molecule has 0 saturated carbocycles. The number of nitrogens with one attached hydrogen (secondary N) is 1. The predicted molar refractivity (Wildman–Crippen MR) is 68.3 cm³/mol. The van der Waals surface area contributed by atoms with Crippen LogP contribution < -0.4 is 5.32 Å². The van der Waals surface area contributed by atoms with E-state index in [2.05, 4.69) is 50.4 Å². The van der Waals surface area contributed by atoms with Crippen molar-refractivity contribution in [3.8, 4) is 0 Å². The lowest BCUT2D eigenvalue weighted by Gasteiger charge is -2.13. The number of hydrogen-bond acceptors (Lipinski definition) is 2. The third-order valence-corrected chi connectivity index (χ3v) is 2.54. The Bertz CT molecular complexity index is 309. The Morgan fingerprint density at radius 2 is 2.06 bits per heavy atom. The second-order valence-electron chi connectivity index (χ2n) is 4.90. The lowest BCUT2D eigenvalue weighted by atomic mass is 10.1.